The van der Waals surface area contributed by atoms with E-state index >= 15 is 0 Å². The highest BCUT2D eigenvalue weighted by Gasteiger charge is 2.28. The van der Waals surface area contributed by atoms with Crippen LogP contribution in [0.3, 0.4) is 0 Å². The number of halogens is 1. The molecule has 2 heterocycles. The molecule has 21 heavy (non-hydrogen) atoms. The molecule has 0 bridgehead atoms. The van der Waals surface area contributed by atoms with Gasteiger partial charge in [0.15, 0.2) is 5.13 Å². The molecule has 1 saturated heterocycles. The van der Waals surface area contributed by atoms with Gasteiger partial charge in [-0.3, -0.25) is 0 Å². The molecule has 1 aliphatic rings. The molecule has 0 spiro atoms. The van der Waals surface area contributed by atoms with Gasteiger partial charge in [-0.15, -0.1) is 11.3 Å². The second-order valence-electron chi connectivity index (χ2n) is 4.66. The first-order chi connectivity index (χ1) is 10.1. The number of anilines is 1. The molecule has 0 unspecified atom stereocenters. The van der Waals surface area contributed by atoms with E-state index in [-0.39, 0.29) is 0 Å². The summed E-state index contributed by atoms with van der Waals surface area (Å²) in [7, 11) is -3.40. The lowest BCUT2D eigenvalue weighted by molar-refractivity contribution is 0.385. The fourth-order valence-corrected chi connectivity index (χ4v) is 4.63. The van der Waals surface area contributed by atoms with Crippen LogP contribution in [0.25, 0.3) is 0 Å². The van der Waals surface area contributed by atoms with E-state index in [2.05, 4.69) is 25.8 Å². The van der Waals surface area contributed by atoms with Crippen molar-refractivity contribution in [2.45, 2.75) is 4.90 Å². The number of nitrogens with zero attached hydrogens (tertiary/aromatic N) is 3. The normalized spacial score (nSPS) is 17.1. The van der Waals surface area contributed by atoms with Crippen molar-refractivity contribution >= 4 is 42.4 Å². The molecule has 1 fully saturated rings. The van der Waals surface area contributed by atoms with Crippen LogP contribution in [0, 0.1) is 0 Å². The van der Waals surface area contributed by atoms with E-state index in [9.17, 15) is 8.42 Å². The Kier molecular flexibility index (Phi) is 4.30. The Balaban J connectivity index is 1.72. The second kappa shape index (κ2) is 6.04. The lowest BCUT2D eigenvalue weighted by Gasteiger charge is -2.33. The average Bonchev–Trinajstić information content (AvgIpc) is 3.02. The Hall–Kier alpha value is -0.960. The molecule has 1 aromatic heterocycles. The minimum atomic E-state index is -3.40. The third-order valence-electron chi connectivity index (χ3n) is 3.38. The highest BCUT2D eigenvalue weighted by molar-refractivity contribution is 9.10. The maximum atomic E-state index is 12.6. The summed E-state index contributed by atoms with van der Waals surface area (Å²) in [5, 5.41) is 2.89. The highest BCUT2D eigenvalue weighted by atomic mass is 79.9. The molecule has 8 heteroatoms. The SMILES string of the molecule is O=S(=O)(c1ccc(Br)cc1)N1CCN(c2nccs2)CC1. The van der Waals surface area contributed by atoms with Crippen LogP contribution in [-0.4, -0.2) is 43.9 Å². The molecule has 0 aliphatic carbocycles. The fraction of sp³-hybridized carbons (Fsp3) is 0.308. The Bertz CT molecular complexity index is 694. The van der Waals surface area contributed by atoms with Crippen LogP contribution in [0.2, 0.25) is 0 Å². The monoisotopic (exact) mass is 387 g/mol. The highest BCUT2D eigenvalue weighted by Crippen LogP contribution is 2.23. The van der Waals surface area contributed by atoms with Crippen LogP contribution in [0.1, 0.15) is 0 Å². The summed E-state index contributed by atoms with van der Waals surface area (Å²) in [6.07, 6.45) is 1.77. The molecule has 1 aliphatic heterocycles. The molecule has 0 radical (unpaired) electrons. The van der Waals surface area contributed by atoms with Gasteiger partial charge in [0.05, 0.1) is 4.90 Å². The Morgan fingerprint density at radius 2 is 1.76 bits per heavy atom. The van der Waals surface area contributed by atoms with Crippen LogP contribution >= 0.6 is 27.3 Å². The zero-order valence-electron chi connectivity index (χ0n) is 11.1. The third kappa shape index (κ3) is 3.13. The van der Waals surface area contributed by atoms with E-state index < -0.39 is 10.0 Å². The third-order valence-corrected chi connectivity index (χ3v) is 6.65. The van der Waals surface area contributed by atoms with E-state index in [1.54, 1.807) is 46.1 Å². The smallest absolute Gasteiger partial charge is 0.243 e. The standard InChI is InChI=1S/C13H14BrN3O2S2/c14-11-1-3-12(4-2-11)21(18,19)17-8-6-16(7-9-17)13-15-5-10-20-13/h1-5,10H,6-9H2. The summed E-state index contributed by atoms with van der Waals surface area (Å²) in [5.41, 5.74) is 0. The van der Waals surface area contributed by atoms with Gasteiger partial charge in [0.2, 0.25) is 10.0 Å². The van der Waals surface area contributed by atoms with Crippen molar-refractivity contribution in [2.24, 2.45) is 0 Å². The second-order valence-corrected chi connectivity index (χ2v) is 8.39. The van der Waals surface area contributed by atoms with Gasteiger partial charge in [-0.2, -0.15) is 4.31 Å². The zero-order chi connectivity index (χ0) is 14.9. The van der Waals surface area contributed by atoms with Crippen LogP contribution < -0.4 is 4.90 Å². The molecule has 0 N–H and O–H groups in total. The lowest BCUT2D eigenvalue weighted by atomic mass is 10.4. The predicted octanol–water partition coefficient (Wildman–Crippen LogP) is 2.42. The van der Waals surface area contributed by atoms with Gasteiger partial charge in [0, 0.05) is 42.2 Å². The van der Waals surface area contributed by atoms with Gasteiger partial charge in [-0.25, -0.2) is 13.4 Å². The maximum Gasteiger partial charge on any atom is 0.243 e. The number of hydrogen-bond donors (Lipinski definition) is 0. The maximum absolute atomic E-state index is 12.6. The van der Waals surface area contributed by atoms with Gasteiger partial charge in [0.1, 0.15) is 0 Å². The number of aromatic nitrogens is 1. The van der Waals surface area contributed by atoms with E-state index in [0.29, 0.717) is 31.1 Å². The Morgan fingerprint density at radius 3 is 2.33 bits per heavy atom. The summed E-state index contributed by atoms with van der Waals surface area (Å²) in [5.74, 6) is 0. The van der Waals surface area contributed by atoms with E-state index in [0.717, 1.165) is 9.60 Å². The Labute approximate surface area is 136 Å². The molecule has 112 valence electrons. The van der Waals surface area contributed by atoms with E-state index in [4.69, 9.17) is 0 Å². The average molecular weight is 388 g/mol. The van der Waals surface area contributed by atoms with Gasteiger partial charge in [-0.05, 0) is 24.3 Å². The first kappa shape index (κ1) is 15.0. The van der Waals surface area contributed by atoms with Gasteiger partial charge in [-0.1, -0.05) is 15.9 Å². The largest absolute Gasteiger partial charge is 0.345 e. The number of benzene rings is 1. The zero-order valence-corrected chi connectivity index (χ0v) is 14.4. The topological polar surface area (TPSA) is 53.5 Å². The molecular weight excluding hydrogens is 374 g/mol. The molecule has 0 atom stereocenters. The molecule has 2 aromatic rings. The molecular formula is C13H14BrN3O2S2. The van der Waals surface area contributed by atoms with E-state index in [1.165, 1.54) is 0 Å². The van der Waals surface area contributed by atoms with Crippen molar-refractivity contribution in [1.29, 1.82) is 0 Å². The lowest BCUT2D eigenvalue weighted by Crippen LogP contribution is -2.48. The number of piperazine rings is 1. The van der Waals surface area contributed by atoms with Crippen LogP contribution in [-0.2, 0) is 10.0 Å². The number of sulfonamides is 1. The van der Waals surface area contributed by atoms with Crippen molar-refractivity contribution in [1.82, 2.24) is 9.29 Å². The predicted molar refractivity (Wildman–Crippen MR) is 87.2 cm³/mol. The molecule has 0 amide bonds. The molecule has 0 saturated carbocycles. The summed E-state index contributed by atoms with van der Waals surface area (Å²) >= 11 is 4.90. The molecule has 3 rings (SSSR count). The molecule has 5 nitrogen and oxygen atoms in total. The number of rotatable bonds is 3. The minimum absolute atomic E-state index is 0.341. The minimum Gasteiger partial charge on any atom is -0.345 e. The van der Waals surface area contributed by atoms with E-state index in [1.807, 2.05) is 5.38 Å². The van der Waals surface area contributed by atoms with Crippen LogP contribution in [0.15, 0.2) is 45.2 Å². The first-order valence-electron chi connectivity index (χ1n) is 6.47. The number of hydrogen-bond acceptors (Lipinski definition) is 5. The van der Waals surface area contributed by atoms with Crippen LogP contribution in [0.5, 0.6) is 0 Å². The van der Waals surface area contributed by atoms with Crippen molar-refractivity contribution in [2.75, 3.05) is 31.1 Å². The fourth-order valence-electron chi connectivity index (χ4n) is 2.25. The summed E-state index contributed by atoms with van der Waals surface area (Å²) < 4.78 is 27.6. The van der Waals surface area contributed by atoms with Gasteiger partial charge in [0.25, 0.3) is 0 Å². The van der Waals surface area contributed by atoms with Crippen molar-refractivity contribution in [3.8, 4) is 0 Å². The summed E-state index contributed by atoms with van der Waals surface area (Å²) in [6, 6.07) is 6.76. The number of thiazole rings is 1. The summed E-state index contributed by atoms with van der Waals surface area (Å²) in [4.78, 5) is 6.73. The first-order valence-corrected chi connectivity index (χ1v) is 9.59. The Morgan fingerprint density at radius 1 is 1.10 bits per heavy atom. The quantitative estimate of drug-likeness (QED) is 0.811. The van der Waals surface area contributed by atoms with Gasteiger partial charge < -0.3 is 4.90 Å². The van der Waals surface area contributed by atoms with Gasteiger partial charge >= 0.3 is 0 Å². The van der Waals surface area contributed by atoms with Crippen molar-refractivity contribution in [3.63, 3.8) is 0 Å². The molecule has 1 aromatic carbocycles. The van der Waals surface area contributed by atoms with Crippen LogP contribution in [0.4, 0.5) is 5.13 Å². The van der Waals surface area contributed by atoms with Crippen molar-refractivity contribution in [3.05, 3.63) is 40.3 Å². The summed E-state index contributed by atoms with van der Waals surface area (Å²) in [6.45, 7) is 2.31. The van der Waals surface area contributed by atoms with Crippen molar-refractivity contribution < 1.29 is 8.42 Å².